The molecule has 0 spiro atoms. The topological polar surface area (TPSA) is 70.0 Å². The molecule has 1 aromatic carbocycles. The molecule has 0 bridgehead atoms. The third kappa shape index (κ3) is 4.42. The van der Waals surface area contributed by atoms with Crippen LogP contribution >= 0.6 is 11.6 Å². The number of aliphatic imine (C=N–C) groups is 1. The largest absolute Gasteiger partial charge is 0.396 e. The third-order valence-corrected chi connectivity index (χ3v) is 7.97. The molecule has 1 unspecified atom stereocenters. The molecule has 1 fully saturated rings. The lowest BCUT2D eigenvalue weighted by Gasteiger charge is -2.37. The smallest absolute Gasteiger partial charge is 0.211 e. The summed E-state index contributed by atoms with van der Waals surface area (Å²) in [6.45, 7) is 2.06. The van der Waals surface area contributed by atoms with E-state index in [0.29, 0.717) is 30.5 Å². The van der Waals surface area contributed by atoms with Gasteiger partial charge in [-0.15, -0.1) is 0 Å². The molecule has 2 aliphatic heterocycles. The van der Waals surface area contributed by atoms with Crippen LogP contribution in [0.5, 0.6) is 0 Å². The Bertz CT molecular complexity index is 1010. The van der Waals surface area contributed by atoms with Crippen LogP contribution in [-0.4, -0.2) is 56.0 Å². The number of piperidine rings is 1. The minimum Gasteiger partial charge on any atom is -0.396 e. The lowest BCUT2D eigenvalue weighted by molar-refractivity contribution is 0.265. The average Bonchev–Trinajstić information content (AvgIpc) is 2.86. The van der Waals surface area contributed by atoms with E-state index in [2.05, 4.69) is 18.2 Å². The van der Waals surface area contributed by atoms with Crippen LogP contribution in [0.2, 0.25) is 5.02 Å². The summed E-state index contributed by atoms with van der Waals surface area (Å²) in [5.41, 5.74) is 5.88. The number of rotatable bonds is 5. The van der Waals surface area contributed by atoms with Crippen LogP contribution < -0.4 is 0 Å². The van der Waals surface area contributed by atoms with Gasteiger partial charge in [-0.25, -0.2) is 12.7 Å². The number of sulfonamides is 1. The fourth-order valence-electron chi connectivity index (χ4n) is 5.01. The van der Waals surface area contributed by atoms with E-state index >= 15 is 0 Å². The molecule has 3 aliphatic rings. The molecule has 162 valence electrons. The number of dihydropyridines is 1. The average molecular weight is 449 g/mol. The summed E-state index contributed by atoms with van der Waals surface area (Å²) in [6.07, 6.45) is 9.87. The second-order valence-electron chi connectivity index (χ2n) is 8.42. The summed E-state index contributed by atoms with van der Waals surface area (Å²) in [5, 5.41) is 10.1. The quantitative estimate of drug-likeness (QED) is 0.739. The highest BCUT2D eigenvalue weighted by molar-refractivity contribution is 7.88. The molecule has 7 heteroatoms. The van der Waals surface area contributed by atoms with E-state index in [1.54, 1.807) is 4.31 Å². The zero-order valence-corrected chi connectivity index (χ0v) is 18.9. The molecule has 2 heterocycles. The standard InChI is InChI=1S/C23H29ClN2O3S/c1-30(28,29)26-11-8-16(9-12-26)22-20-7-6-19(24)15-18(20)14-17(4-3-13-27)21-5-2-10-25-23(21)22/h5-7,14-16,22,27H,2-4,8-13H2,1H3. The highest BCUT2D eigenvalue weighted by Crippen LogP contribution is 2.44. The Balaban J connectivity index is 1.75. The van der Waals surface area contributed by atoms with Crippen molar-refractivity contribution in [3.8, 4) is 0 Å². The molecule has 1 atom stereocenters. The van der Waals surface area contributed by atoms with Crippen LogP contribution in [0.1, 0.15) is 49.1 Å². The first-order valence-electron chi connectivity index (χ1n) is 10.7. The fraction of sp³-hybridized carbons (Fsp3) is 0.522. The molecule has 1 N–H and O–H groups in total. The molecular formula is C23H29ClN2O3S. The molecule has 0 radical (unpaired) electrons. The van der Waals surface area contributed by atoms with Gasteiger partial charge in [-0.3, -0.25) is 4.99 Å². The minimum absolute atomic E-state index is 0.133. The second kappa shape index (κ2) is 8.95. The van der Waals surface area contributed by atoms with Crippen molar-refractivity contribution in [1.29, 1.82) is 0 Å². The van der Waals surface area contributed by atoms with E-state index in [-0.39, 0.29) is 12.5 Å². The highest BCUT2D eigenvalue weighted by Gasteiger charge is 2.37. The van der Waals surface area contributed by atoms with Crippen LogP contribution in [0.4, 0.5) is 0 Å². The van der Waals surface area contributed by atoms with E-state index in [0.717, 1.165) is 43.5 Å². The van der Waals surface area contributed by atoms with Crippen LogP contribution in [0, 0.1) is 5.92 Å². The SMILES string of the molecule is CS(=O)(=O)N1CCC(C2C3=NCCC=C3C(CCCO)=Cc3cc(Cl)ccc32)CC1. The molecule has 1 saturated heterocycles. The number of hydrogen-bond donors (Lipinski definition) is 1. The van der Waals surface area contributed by atoms with Crippen LogP contribution in [0.15, 0.2) is 40.4 Å². The van der Waals surface area contributed by atoms with Gasteiger partial charge in [0.25, 0.3) is 0 Å². The molecular weight excluding hydrogens is 420 g/mol. The van der Waals surface area contributed by atoms with Gasteiger partial charge in [0.05, 0.1) is 6.26 Å². The zero-order chi connectivity index (χ0) is 21.3. The van der Waals surface area contributed by atoms with Crippen molar-refractivity contribution in [2.24, 2.45) is 10.9 Å². The van der Waals surface area contributed by atoms with Gasteiger partial charge in [0.15, 0.2) is 0 Å². The Morgan fingerprint density at radius 1 is 1.27 bits per heavy atom. The summed E-state index contributed by atoms with van der Waals surface area (Å²) < 4.78 is 25.6. The van der Waals surface area contributed by atoms with Gasteiger partial charge in [0, 0.05) is 42.9 Å². The van der Waals surface area contributed by atoms with Gasteiger partial charge >= 0.3 is 0 Å². The number of benzene rings is 1. The molecule has 30 heavy (non-hydrogen) atoms. The Morgan fingerprint density at radius 2 is 2.03 bits per heavy atom. The predicted octanol–water partition coefficient (Wildman–Crippen LogP) is 4.04. The molecule has 4 rings (SSSR count). The summed E-state index contributed by atoms with van der Waals surface area (Å²) in [6, 6.07) is 6.08. The Hall–Kier alpha value is -1.47. The number of allylic oxidation sites excluding steroid dienone is 2. The van der Waals surface area contributed by atoms with E-state index < -0.39 is 10.0 Å². The second-order valence-corrected chi connectivity index (χ2v) is 10.8. The maximum absolute atomic E-state index is 12.0. The number of aliphatic hydroxyl groups excluding tert-OH is 1. The number of nitrogens with zero attached hydrogens (tertiary/aromatic N) is 2. The van der Waals surface area contributed by atoms with Crippen molar-refractivity contribution >= 4 is 33.4 Å². The maximum Gasteiger partial charge on any atom is 0.211 e. The number of aliphatic hydroxyl groups is 1. The van der Waals surface area contributed by atoms with Crippen molar-refractivity contribution in [2.45, 2.75) is 38.0 Å². The molecule has 0 amide bonds. The zero-order valence-electron chi connectivity index (χ0n) is 17.3. The summed E-state index contributed by atoms with van der Waals surface area (Å²) in [4.78, 5) is 5.00. The molecule has 5 nitrogen and oxygen atoms in total. The number of fused-ring (bicyclic) bond motifs is 2. The normalized spacial score (nSPS) is 23.0. The Labute approximate surface area is 184 Å². The van der Waals surface area contributed by atoms with Gasteiger partial charge in [-0.1, -0.05) is 29.8 Å². The van der Waals surface area contributed by atoms with Crippen molar-refractivity contribution in [3.63, 3.8) is 0 Å². The first-order valence-corrected chi connectivity index (χ1v) is 12.9. The summed E-state index contributed by atoms with van der Waals surface area (Å²) >= 11 is 6.35. The van der Waals surface area contributed by atoms with Gasteiger partial charge in [-0.05, 0) is 72.4 Å². The molecule has 1 aromatic rings. The van der Waals surface area contributed by atoms with Crippen LogP contribution in [-0.2, 0) is 10.0 Å². The van der Waals surface area contributed by atoms with E-state index in [4.69, 9.17) is 16.6 Å². The lowest BCUT2D eigenvalue weighted by atomic mass is 9.74. The fourth-order valence-corrected chi connectivity index (χ4v) is 6.06. The summed E-state index contributed by atoms with van der Waals surface area (Å²) in [5.74, 6) is 0.460. The van der Waals surface area contributed by atoms with Gasteiger partial charge in [0.1, 0.15) is 0 Å². The van der Waals surface area contributed by atoms with Crippen molar-refractivity contribution in [2.75, 3.05) is 32.5 Å². The van der Waals surface area contributed by atoms with Gasteiger partial charge in [0.2, 0.25) is 10.0 Å². The van der Waals surface area contributed by atoms with Crippen LogP contribution in [0.3, 0.4) is 0 Å². The molecule has 0 aromatic heterocycles. The van der Waals surface area contributed by atoms with Crippen LogP contribution in [0.25, 0.3) is 6.08 Å². The Morgan fingerprint density at radius 3 is 2.73 bits per heavy atom. The monoisotopic (exact) mass is 448 g/mol. The maximum atomic E-state index is 12.0. The first-order chi connectivity index (χ1) is 14.4. The summed E-state index contributed by atoms with van der Waals surface area (Å²) in [7, 11) is -3.16. The van der Waals surface area contributed by atoms with Gasteiger partial charge < -0.3 is 5.11 Å². The Kier molecular flexibility index (Phi) is 6.49. The van der Waals surface area contributed by atoms with E-state index in [1.807, 2.05) is 12.1 Å². The van der Waals surface area contributed by atoms with Crippen molar-refractivity contribution in [1.82, 2.24) is 4.31 Å². The number of hydrogen-bond acceptors (Lipinski definition) is 4. The van der Waals surface area contributed by atoms with E-state index in [9.17, 15) is 13.5 Å². The van der Waals surface area contributed by atoms with E-state index in [1.165, 1.54) is 23.0 Å². The lowest BCUT2D eigenvalue weighted by Crippen LogP contribution is -2.40. The third-order valence-electron chi connectivity index (χ3n) is 6.43. The highest BCUT2D eigenvalue weighted by atomic mass is 35.5. The molecule has 1 aliphatic carbocycles. The molecule has 0 saturated carbocycles. The van der Waals surface area contributed by atoms with Crippen molar-refractivity contribution < 1.29 is 13.5 Å². The predicted molar refractivity (Wildman–Crippen MR) is 123 cm³/mol. The van der Waals surface area contributed by atoms with Crippen molar-refractivity contribution in [3.05, 3.63) is 51.6 Å². The van der Waals surface area contributed by atoms with Gasteiger partial charge in [-0.2, -0.15) is 0 Å². The number of halogens is 1. The minimum atomic E-state index is -3.16. The first kappa shape index (κ1) is 21.8.